The van der Waals surface area contributed by atoms with Crippen LogP contribution in [0.25, 0.3) is 21.2 Å². The monoisotopic (exact) mass is 453 g/mol. The topological polar surface area (TPSA) is 96.0 Å². The van der Waals surface area contributed by atoms with Crippen molar-refractivity contribution in [2.75, 3.05) is 17.3 Å². The van der Waals surface area contributed by atoms with Crippen LogP contribution in [0.2, 0.25) is 0 Å². The van der Waals surface area contributed by atoms with Crippen molar-refractivity contribution in [3.05, 3.63) is 83.0 Å². The van der Waals surface area contributed by atoms with Gasteiger partial charge in [-0.05, 0) is 64.5 Å². The number of rotatable bonds is 5. The first kappa shape index (κ1) is 21.0. The van der Waals surface area contributed by atoms with Crippen LogP contribution < -0.4 is 11.1 Å². The zero-order valence-electron chi connectivity index (χ0n) is 16.6. The summed E-state index contributed by atoms with van der Waals surface area (Å²) in [4.78, 5) is 13.4. The lowest BCUT2D eigenvalue weighted by molar-refractivity contribution is 0.103. The highest BCUT2D eigenvalue weighted by molar-refractivity contribution is 7.90. The Hall–Kier alpha value is -3.23. The number of nitrogens with one attached hydrogen (secondary N) is 2. The summed E-state index contributed by atoms with van der Waals surface area (Å²) >= 11 is 1.35. The number of anilines is 2. The van der Waals surface area contributed by atoms with Gasteiger partial charge in [0.25, 0.3) is 5.91 Å². The fourth-order valence-corrected chi connectivity index (χ4v) is 5.04. The van der Waals surface area contributed by atoms with Crippen LogP contribution >= 0.6 is 11.3 Å². The van der Waals surface area contributed by atoms with Crippen LogP contribution in [-0.4, -0.2) is 16.4 Å². The molecule has 4 N–H and O–H groups in total. The Bertz CT molecular complexity index is 1390. The number of thiophene rings is 1. The van der Waals surface area contributed by atoms with E-state index in [0.717, 1.165) is 26.8 Å². The zero-order valence-corrected chi connectivity index (χ0v) is 18.3. The second-order valence-electron chi connectivity index (χ2n) is 7.40. The SMILES string of the molecule is CS(=N)(=O)Cc1ccc2sc(C(=O)Nc3cc(-c4ccc(F)cc4)ccc3N)cc2c1. The quantitative estimate of drug-likeness (QED) is 0.337. The molecule has 1 amide bonds. The number of fused-ring (bicyclic) bond motifs is 1. The van der Waals surface area contributed by atoms with E-state index in [1.54, 1.807) is 30.3 Å². The average molecular weight is 454 g/mol. The second-order valence-corrected chi connectivity index (χ2v) is 10.8. The Labute approximate surface area is 183 Å². The molecule has 4 aromatic rings. The highest BCUT2D eigenvalue weighted by atomic mass is 32.2. The van der Waals surface area contributed by atoms with Crippen LogP contribution in [0.3, 0.4) is 0 Å². The maximum absolute atomic E-state index is 13.2. The van der Waals surface area contributed by atoms with Crippen molar-refractivity contribution in [3.63, 3.8) is 0 Å². The summed E-state index contributed by atoms with van der Waals surface area (Å²) in [6.45, 7) is 0. The molecule has 31 heavy (non-hydrogen) atoms. The molecule has 3 aromatic carbocycles. The standard InChI is InChI=1S/C23H20FN3O2S2/c1-31(26,29)13-14-2-9-21-17(10-14)12-22(30-21)23(28)27-20-11-16(5-8-19(20)25)15-3-6-18(24)7-4-15/h2-12,26H,13,25H2,1H3,(H,27,28). The molecule has 0 bridgehead atoms. The highest BCUT2D eigenvalue weighted by Crippen LogP contribution is 2.31. The van der Waals surface area contributed by atoms with Gasteiger partial charge >= 0.3 is 0 Å². The number of hydrogen-bond donors (Lipinski definition) is 3. The molecule has 1 unspecified atom stereocenters. The molecule has 0 spiro atoms. The van der Waals surface area contributed by atoms with E-state index in [9.17, 15) is 13.4 Å². The van der Waals surface area contributed by atoms with Crippen LogP contribution in [0.5, 0.6) is 0 Å². The van der Waals surface area contributed by atoms with Crippen molar-refractivity contribution in [3.8, 4) is 11.1 Å². The molecule has 1 atom stereocenters. The van der Waals surface area contributed by atoms with Crippen LogP contribution in [0, 0.1) is 10.6 Å². The van der Waals surface area contributed by atoms with Gasteiger partial charge in [-0.2, -0.15) is 0 Å². The fourth-order valence-electron chi connectivity index (χ4n) is 3.28. The van der Waals surface area contributed by atoms with Crippen molar-refractivity contribution in [1.29, 1.82) is 4.78 Å². The lowest BCUT2D eigenvalue weighted by atomic mass is 10.0. The molecule has 4 rings (SSSR count). The lowest BCUT2D eigenvalue weighted by Crippen LogP contribution is -2.11. The largest absolute Gasteiger partial charge is 0.397 e. The van der Waals surface area contributed by atoms with E-state index >= 15 is 0 Å². The maximum Gasteiger partial charge on any atom is 0.265 e. The van der Waals surface area contributed by atoms with Gasteiger partial charge in [0, 0.05) is 20.7 Å². The van der Waals surface area contributed by atoms with Gasteiger partial charge in [-0.3, -0.25) is 9.57 Å². The average Bonchev–Trinajstić information content (AvgIpc) is 3.12. The number of amides is 1. The van der Waals surface area contributed by atoms with E-state index in [-0.39, 0.29) is 17.5 Å². The van der Waals surface area contributed by atoms with Gasteiger partial charge in [0.1, 0.15) is 5.82 Å². The summed E-state index contributed by atoms with van der Waals surface area (Å²) in [6, 6.07) is 18.7. The first-order valence-corrected chi connectivity index (χ1v) is 12.3. The highest BCUT2D eigenvalue weighted by Gasteiger charge is 2.14. The molecule has 158 valence electrons. The van der Waals surface area contributed by atoms with Crippen LogP contribution in [-0.2, 0) is 15.5 Å². The lowest BCUT2D eigenvalue weighted by Gasteiger charge is -2.10. The molecule has 0 saturated heterocycles. The third-order valence-corrected chi connectivity index (χ3v) is 6.72. The van der Waals surface area contributed by atoms with Crippen molar-refractivity contribution in [1.82, 2.24) is 0 Å². The minimum Gasteiger partial charge on any atom is -0.397 e. The molecule has 1 heterocycles. The third kappa shape index (κ3) is 4.92. The second kappa shape index (κ2) is 8.13. The smallest absolute Gasteiger partial charge is 0.265 e. The van der Waals surface area contributed by atoms with Gasteiger partial charge in [-0.15, -0.1) is 11.3 Å². The summed E-state index contributed by atoms with van der Waals surface area (Å²) in [5.74, 6) is -0.428. The van der Waals surface area contributed by atoms with Crippen LogP contribution in [0.4, 0.5) is 15.8 Å². The number of carbonyl (C=O) groups is 1. The summed E-state index contributed by atoms with van der Waals surface area (Å²) < 4.78 is 33.5. The van der Waals surface area contributed by atoms with Crippen LogP contribution in [0.1, 0.15) is 15.2 Å². The van der Waals surface area contributed by atoms with Crippen molar-refractivity contribution in [2.45, 2.75) is 5.75 Å². The van der Waals surface area contributed by atoms with Gasteiger partial charge in [-0.25, -0.2) is 8.60 Å². The summed E-state index contributed by atoms with van der Waals surface area (Å²) in [7, 11) is -2.64. The summed E-state index contributed by atoms with van der Waals surface area (Å²) in [6.07, 6.45) is 1.41. The maximum atomic E-state index is 13.2. The number of hydrogen-bond acceptors (Lipinski definition) is 5. The molecule has 0 aliphatic carbocycles. The number of nitrogen functional groups attached to an aromatic ring is 1. The molecule has 8 heteroatoms. The predicted octanol–water partition coefficient (Wildman–Crippen LogP) is 5.72. The molecule has 0 saturated carbocycles. The van der Waals surface area contributed by atoms with E-state index in [2.05, 4.69) is 5.32 Å². The number of halogens is 1. The van der Waals surface area contributed by atoms with Crippen molar-refractivity contribution < 1.29 is 13.4 Å². The predicted molar refractivity (Wildman–Crippen MR) is 127 cm³/mol. The Morgan fingerprint density at radius 2 is 1.77 bits per heavy atom. The van der Waals surface area contributed by atoms with Crippen molar-refractivity contribution >= 4 is 48.4 Å². The minimum absolute atomic E-state index is 0.174. The molecule has 5 nitrogen and oxygen atoms in total. The molecule has 1 aromatic heterocycles. The molecule has 0 aliphatic rings. The Kier molecular flexibility index (Phi) is 5.51. The van der Waals surface area contributed by atoms with Gasteiger partial charge in [0.05, 0.1) is 22.0 Å². The van der Waals surface area contributed by atoms with E-state index in [1.807, 2.05) is 24.3 Å². The fraction of sp³-hybridized carbons (Fsp3) is 0.0870. The van der Waals surface area contributed by atoms with Crippen LogP contribution in [0.15, 0.2) is 66.7 Å². The molecule has 0 aliphatic heterocycles. The molecular formula is C23H20FN3O2S2. The first-order valence-electron chi connectivity index (χ1n) is 9.39. The van der Waals surface area contributed by atoms with Crippen molar-refractivity contribution in [2.24, 2.45) is 0 Å². The molecular weight excluding hydrogens is 433 g/mol. The Morgan fingerprint density at radius 1 is 1.06 bits per heavy atom. The molecule has 0 fully saturated rings. The van der Waals surface area contributed by atoms with Gasteiger partial charge < -0.3 is 11.1 Å². The van der Waals surface area contributed by atoms with E-state index in [1.165, 1.54) is 29.7 Å². The van der Waals surface area contributed by atoms with E-state index in [4.69, 9.17) is 10.5 Å². The number of carbonyl (C=O) groups excluding carboxylic acids is 1. The number of nitrogens with two attached hydrogens (primary N) is 1. The van der Waals surface area contributed by atoms with Gasteiger partial charge in [-0.1, -0.05) is 24.3 Å². The van der Waals surface area contributed by atoms with Gasteiger partial charge in [0.2, 0.25) is 0 Å². The Balaban J connectivity index is 1.59. The first-order chi connectivity index (χ1) is 14.7. The summed E-state index contributed by atoms with van der Waals surface area (Å²) in [5, 5.41) is 3.72. The minimum atomic E-state index is -2.64. The molecule has 0 radical (unpaired) electrons. The Morgan fingerprint density at radius 3 is 2.48 bits per heavy atom. The number of benzene rings is 3. The van der Waals surface area contributed by atoms with Gasteiger partial charge in [0.15, 0.2) is 0 Å². The summed E-state index contributed by atoms with van der Waals surface area (Å²) in [5.41, 5.74) is 9.38. The van der Waals surface area contributed by atoms with E-state index < -0.39 is 9.73 Å². The normalized spacial score (nSPS) is 13.1. The van der Waals surface area contributed by atoms with E-state index in [0.29, 0.717) is 16.3 Å². The zero-order chi connectivity index (χ0) is 22.2. The third-order valence-electron chi connectivity index (χ3n) is 4.73.